The number of rotatable bonds is 2. The number of amides is 2. The van der Waals surface area contributed by atoms with Crippen LogP contribution < -0.4 is 10.1 Å². The summed E-state index contributed by atoms with van der Waals surface area (Å²) in [5, 5.41) is 12.1. The average Bonchev–Trinajstić information content (AvgIpc) is 2.53. The molecule has 1 aromatic carbocycles. The number of halogens is 1. The van der Waals surface area contributed by atoms with E-state index in [0.717, 1.165) is 5.56 Å². The van der Waals surface area contributed by atoms with E-state index in [-0.39, 0.29) is 24.4 Å². The number of carbonyl (C=O) groups is 2. The molecule has 25 heavy (non-hydrogen) atoms. The van der Waals surface area contributed by atoms with Gasteiger partial charge in [0.1, 0.15) is 17.2 Å². The van der Waals surface area contributed by atoms with Crippen LogP contribution in [0.25, 0.3) is 0 Å². The lowest BCUT2D eigenvalue weighted by Crippen LogP contribution is -2.49. The lowest BCUT2D eigenvalue weighted by Gasteiger charge is -2.39. The summed E-state index contributed by atoms with van der Waals surface area (Å²) in [6.45, 7) is 4.53. The van der Waals surface area contributed by atoms with Crippen LogP contribution in [0.15, 0.2) is 18.2 Å². The average molecular weight is 350 g/mol. The highest BCUT2D eigenvalue weighted by Gasteiger charge is 2.36. The van der Waals surface area contributed by atoms with E-state index in [1.54, 1.807) is 11.0 Å². The van der Waals surface area contributed by atoms with Crippen LogP contribution in [0.3, 0.4) is 0 Å². The quantitative estimate of drug-likeness (QED) is 0.860. The van der Waals surface area contributed by atoms with E-state index in [0.29, 0.717) is 31.6 Å². The van der Waals surface area contributed by atoms with Crippen LogP contribution in [-0.4, -0.2) is 40.7 Å². The fourth-order valence-corrected chi connectivity index (χ4v) is 3.56. The predicted octanol–water partition coefficient (Wildman–Crippen LogP) is 2.93. The van der Waals surface area contributed by atoms with E-state index in [2.05, 4.69) is 5.32 Å². The smallest absolute Gasteiger partial charge is 0.317 e. The summed E-state index contributed by atoms with van der Waals surface area (Å²) in [6.07, 6.45) is 1.81. The first-order chi connectivity index (χ1) is 11.7. The van der Waals surface area contributed by atoms with Crippen molar-refractivity contribution in [2.45, 2.75) is 44.8 Å². The molecule has 2 aliphatic heterocycles. The molecule has 3 rings (SSSR count). The highest BCUT2D eigenvalue weighted by molar-refractivity contribution is 5.77. The Labute approximate surface area is 146 Å². The Morgan fingerprint density at radius 2 is 2.16 bits per heavy atom. The maximum Gasteiger partial charge on any atom is 0.317 e. The molecule has 0 spiro atoms. The summed E-state index contributed by atoms with van der Waals surface area (Å²) >= 11 is 0. The molecule has 2 N–H and O–H groups in total. The van der Waals surface area contributed by atoms with Gasteiger partial charge in [-0.1, -0.05) is 6.07 Å². The maximum atomic E-state index is 13.5. The molecule has 2 unspecified atom stereocenters. The third kappa shape index (κ3) is 3.86. The van der Waals surface area contributed by atoms with Gasteiger partial charge in [-0.15, -0.1) is 0 Å². The summed E-state index contributed by atoms with van der Waals surface area (Å²) in [7, 11) is 0. The molecular weight excluding hydrogens is 327 g/mol. The molecule has 1 aromatic rings. The van der Waals surface area contributed by atoms with Crippen molar-refractivity contribution in [1.29, 1.82) is 0 Å². The maximum absolute atomic E-state index is 13.5. The van der Waals surface area contributed by atoms with Crippen LogP contribution in [0, 0.1) is 11.7 Å². The van der Waals surface area contributed by atoms with Gasteiger partial charge >= 0.3 is 12.0 Å². The Morgan fingerprint density at radius 3 is 2.88 bits per heavy atom. The van der Waals surface area contributed by atoms with Gasteiger partial charge in [0, 0.05) is 31.1 Å². The van der Waals surface area contributed by atoms with Crippen molar-refractivity contribution < 1.29 is 23.8 Å². The number of piperidine rings is 1. The van der Waals surface area contributed by atoms with E-state index >= 15 is 0 Å². The molecule has 0 bridgehead atoms. The third-order valence-corrected chi connectivity index (χ3v) is 4.79. The van der Waals surface area contributed by atoms with Gasteiger partial charge in [0.25, 0.3) is 0 Å². The van der Waals surface area contributed by atoms with E-state index in [9.17, 15) is 19.1 Å². The molecule has 136 valence electrons. The number of urea groups is 1. The fraction of sp³-hybridized carbons (Fsp3) is 0.556. The highest BCUT2D eigenvalue weighted by Crippen LogP contribution is 2.39. The number of fused-ring (bicyclic) bond motifs is 1. The zero-order chi connectivity index (χ0) is 18.2. The highest BCUT2D eigenvalue weighted by atomic mass is 19.1. The Kier molecular flexibility index (Phi) is 4.58. The molecule has 6 nitrogen and oxygen atoms in total. The lowest BCUT2D eigenvalue weighted by atomic mass is 9.89. The first-order valence-corrected chi connectivity index (χ1v) is 8.52. The van der Waals surface area contributed by atoms with Gasteiger partial charge < -0.3 is 20.1 Å². The number of aliphatic carboxylic acids is 1. The SMILES string of the molecule is CC1(C)CC(NC(=O)N2CCCC(C(=O)O)C2)c2ccc(F)cc2O1. The van der Waals surface area contributed by atoms with Crippen LogP contribution in [0.1, 0.15) is 44.7 Å². The number of nitrogens with zero attached hydrogens (tertiary/aromatic N) is 1. The van der Waals surface area contributed by atoms with E-state index in [4.69, 9.17) is 4.74 Å². The van der Waals surface area contributed by atoms with Crippen molar-refractivity contribution in [3.8, 4) is 5.75 Å². The van der Waals surface area contributed by atoms with Crippen molar-refractivity contribution in [2.24, 2.45) is 5.92 Å². The zero-order valence-corrected chi connectivity index (χ0v) is 14.4. The molecule has 0 aliphatic carbocycles. The number of benzene rings is 1. The minimum absolute atomic E-state index is 0.212. The molecule has 0 radical (unpaired) electrons. The van der Waals surface area contributed by atoms with Crippen LogP contribution in [0.5, 0.6) is 5.75 Å². The number of carbonyl (C=O) groups excluding carboxylic acids is 1. The minimum Gasteiger partial charge on any atom is -0.487 e. The molecule has 2 heterocycles. The monoisotopic (exact) mass is 350 g/mol. The van der Waals surface area contributed by atoms with Crippen molar-refractivity contribution in [1.82, 2.24) is 10.2 Å². The van der Waals surface area contributed by atoms with Crippen LogP contribution >= 0.6 is 0 Å². The van der Waals surface area contributed by atoms with E-state index in [1.807, 2.05) is 13.8 Å². The van der Waals surface area contributed by atoms with E-state index < -0.39 is 17.5 Å². The summed E-state index contributed by atoms with van der Waals surface area (Å²) in [5.41, 5.74) is 0.199. The topological polar surface area (TPSA) is 78.9 Å². The second-order valence-electron chi connectivity index (χ2n) is 7.37. The molecule has 2 amide bonds. The molecule has 0 saturated carbocycles. The summed E-state index contributed by atoms with van der Waals surface area (Å²) in [5.74, 6) is -1.34. The van der Waals surface area contributed by atoms with Gasteiger partial charge in [-0.05, 0) is 32.8 Å². The summed E-state index contributed by atoms with van der Waals surface area (Å²) < 4.78 is 19.3. The molecule has 2 aliphatic rings. The van der Waals surface area contributed by atoms with Crippen molar-refractivity contribution in [3.05, 3.63) is 29.6 Å². The number of carboxylic acids is 1. The third-order valence-electron chi connectivity index (χ3n) is 4.79. The largest absolute Gasteiger partial charge is 0.487 e. The number of nitrogens with one attached hydrogen (secondary N) is 1. The van der Waals surface area contributed by atoms with Gasteiger partial charge in [-0.3, -0.25) is 4.79 Å². The standard InChI is InChI=1S/C18H23FN2O4/c1-18(2)9-14(13-6-5-12(19)8-15(13)25-18)20-17(24)21-7-3-4-11(10-21)16(22)23/h5-6,8,11,14H,3-4,7,9-10H2,1-2H3,(H,20,24)(H,22,23). The van der Waals surface area contributed by atoms with Crippen LogP contribution in [0.2, 0.25) is 0 Å². The van der Waals surface area contributed by atoms with Gasteiger partial charge in [0.15, 0.2) is 0 Å². The fourth-order valence-electron chi connectivity index (χ4n) is 3.56. The Bertz CT molecular complexity index is 692. The second kappa shape index (κ2) is 6.54. The molecule has 1 saturated heterocycles. The van der Waals surface area contributed by atoms with Crippen molar-refractivity contribution in [2.75, 3.05) is 13.1 Å². The molecule has 2 atom stereocenters. The normalized spacial score (nSPS) is 24.8. The van der Waals surface area contributed by atoms with Crippen LogP contribution in [-0.2, 0) is 4.79 Å². The van der Waals surface area contributed by atoms with E-state index in [1.165, 1.54) is 12.1 Å². The first-order valence-electron chi connectivity index (χ1n) is 8.52. The number of carboxylic acid groups (broad SMARTS) is 1. The first kappa shape index (κ1) is 17.5. The predicted molar refractivity (Wildman–Crippen MR) is 88.9 cm³/mol. The number of likely N-dealkylation sites (tertiary alicyclic amines) is 1. The van der Waals surface area contributed by atoms with Gasteiger partial charge in [-0.2, -0.15) is 0 Å². The number of hydrogen-bond donors (Lipinski definition) is 2. The second-order valence-corrected chi connectivity index (χ2v) is 7.37. The molecule has 0 aromatic heterocycles. The van der Waals surface area contributed by atoms with Gasteiger partial charge in [0.05, 0.1) is 12.0 Å². The molecule has 7 heteroatoms. The number of hydrogen-bond acceptors (Lipinski definition) is 3. The zero-order valence-electron chi connectivity index (χ0n) is 14.4. The Balaban J connectivity index is 1.76. The Hall–Kier alpha value is -2.31. The van der Waals surface area contributed by atoms with Crippen molar-refractivity contribution in [3.63, 3.8) is 0 Å². The molecular formula is C18H23FN2O4. The molecule has 1 fully saturated rings. The number of ether oxygens (including phenoxy) is 1. The van der Waals surface area contributed by atoms with Crippen molar-refractivity contribution >= 4 is 12.0 Å². The minimum atomic E-state index is -0.870. The lowest BCUT2D eigenvalue weighted by molar-refractivity contribution is -0.143. The van der Waals surface area contributed by atoms with Gasteiger partial charge in [0.2, 0.25) is 0 Å². The summed E-state index contributed by atoms with van der Waals surface area (Å²) in [6, 6.07) is 3.71. The summed E-state index contributed by atoms with van der Waals surface area (Å²) in [4.78, 5) is 25.4. The van der Waals surface area contributed by atoms with Gasteiger partial charge in [-0.25, -0.2) is 9.18 Å². The van der Waals surface area contributed by atoms with Crippen LogP contribution in [0.4, 0.5) is 9.18 Å². The Morgan fingerprint density at radius 1 is 1.40 bits per heavy atom.